The average molecular weight is 996 g/mol. The Balaban J connectivity index is 0.000000226. The Labute approximate surface area is 374 Å². The second-order valence-electron chi connectivity index (χ2n) is 17.7. The van der Waals surface area contributed by atoms with Crippen molar-refractivity contribution in [2.45, 2.75) is 79.4 Å². The predicted octanol–water partition coefficient (Wildman–Crippen LogP) is 13.4. The molecule has 4 heterocycles. The van der Waals surface area contributed by atoms with Crippen LogP contribution in [-0.4, -0.2) is 32.6 Å². The fraction of sp³-hybridized carbons (Fsp3) is 0.245. The molecule has 61 heavy (non-hydrogen) atoms. The third-order valence-electron chi connectivity index (χ3n) is 11.1. The van der Waals surface area contributed by atoms with Gasteiger partial charge in [-0.1, -0.05) is 132 Å². The Bertz CT molecular complexity index is 2900. The maximum absolute atomic E-state index is 6.44. The van der Waals surface area contributed by atoms with Gasteiger partial charge in [0.2, 0.25) is 0 Å². The summed E-state index contributed by atoms with van der Waals surface area (Å²) in [5.74, 6) is 1.94. The quantitative estimate of drug-likeness (QED) is 0.106. The smallest absolute Gasteiger partial charge is 0.171 e. The van der Waals surface area contributed by atoms with Gasteiger partial charge < -0.3 is 14.0 Å². The van der Waals surface area contributed by atoms with Gasteiger partial charge in [0.05, 0.1) is 25.7 Å². The minimum absolute atomic E-state index is 0. The van der Waals surface area contributed by atoms with Crippen LogP contribution in [0, 0.1) is 18.1 Å². The molecule has 0 atom stereocenters. The van der Waals surface area contributed by atoms with Crippen LogP contribution in [0.2, 0.25) is 19.6 Å². The summed E-state index contributed by atoms with van der Waals surface area (Å²) in [5, 5.41) is 3.61. The maximum atomic E-state index is 6.44. The summed E-state index contributed by atoms with van der Waals surface area (Å²) >= 11 is 0. The van der Waals surface area contributed by atoms with Crippen LogP contribution in [0.5, 0.6) is 0 Å². The van der Waals surface area contributed by atoms with E-state index in [1.807, 2.05) is 48.7 Å². The van der Waals surface area contributed by atoms with Gasteiger partial charge in [0.15, 0.2) is 5.65 Å². The van der Waals surface area contributed by atoms with Crippen molar-refractivity contribution in [2.75, 3.05) is 0 Å². The van der Waals surface area contributed by atoms with Gasteiger partial charge in [0, 0.05) is 37.4 Å². The topological polar surface area (TPSA) is 69.6 Å². The normalized spacial score (nSPS) is 11.7. The predicted molar refractivity (Wildman–Crippen MR) is 252 cm³/mol. The van der Waals surface area contributed by atoms with Crippen LogP contribution >= 0.6 is 0 Å². The third-order valence-corrected chi connectivity index (χ3v) is 13.1. The van der Waals surface area contributed by atoms with E-state index in [1.54, 1.807) is 6.33 Å². The molecule has 0 aliphatic carbocycles. The molecule has 0 aliphatic rings. The van der Waals surface area contributed by atoms with Crippen molar-refractivity contribution in [1.82, 2.24) is 24.5 Å². The van der Waals surface area contributed by atoms with Crippen molar-refractivity contribution in [3.63, 3.8) is 0 Å². The Hall–Kier alpha value is -5.53. The van der Waals surface area contributed by atoms with Crippen LogP contribution in [-0.2, 0) is 26.5 Å². The van der Waals surface area contributed by atoms with Crippen molar-refractivity contribution in [1.29, 1.82) is 0 Å². The molecule has 0 fully saturated rings. The first-order chi connectivity index (χ1) is 28.9. The number of aromatic nitrogens is 5. The molecular formula is C53H53IrN5OSi-2. The van der Waals surface area contributed by atoms with Crippen molar-refractivity contribution in [2.24, 2.45) is 5.92 Å². The number of furan rings is 1. The fourth-order valence-electron chi connectivity index (χ4n) is 8.17. The minimum atomic E-state index is -1.34. The van der Waals surface area contributed by atoms with Crippen LogP contribution in [0.4, 0.5) is 0 Å². The SMILES string of the molecule is CC(C)Cc1cc(-c2[c-]cccc2)ncc1[Si](C)(C)C.CC(C)c1cc(-c2ccccc2)cc(C(C)C)c1-n1c(-c2[c-]ccc3c2oc2ccccc23)nc2ncncc21.[Ir]. The minimum Gasteiger partial charge on any atom is -0.501 e. The molecule has 0 saturated carbocycles. The van der Waals surface area contributed by atoms with E-state index >= 15 is 0 Å². The standard InChI is InChI=1S/C35H29N4O.C18H24NSi.Ir/c1-21(2)28-17-24(23-11-6-5-7-12-23)18-29(22(3)4)32(28)39-30-19-36-20-37-34(30)38-35(39)27-15-10-14-26-25-13-8-9-16-31(25)40-33(26)27;1-14(2)11-16-12-17(15-9-7-6-8-10-15)19-13-18(16)20(3,4)5;/h5-14,16-22H,1-4H3;6-9,12-14H,11H2,1-5H3;/q2*-1;. The van der Waals surface area contributed by atoms with E-state index in [2.05, 4.69) is 166 Å². The third kappa shape index (κ3) is 8.94. The number of nitrogens with zero attached hydrogens (tertiary/aromatic N) is 5. The number of hydrogen-bond acceptors (Lipinski definition) is 5. The van der Waals surface area contributed by atoms with Crippen LogP contribution in [0.1, 0.15) is 70.1 Å². The van der Waals surface area contributed by atoms with Gasteiger partial charge in [-0.05, 0) is 75.5 Å². The summed E-state index contributed by atoms with van der Waals surface area (Å²) in [7, 11) is -1.34. The average Bonchev–Trinajstić information content (AvgIpc) is 3.82. The maximum Gasteiger partial charge on any atom is 0.171 e. The molecule has 8 heteroatoms. The zero-order valence-electron chi connectivity index (χ0n) is 36.5. The van der Waals surface area contributed by atoms with Gasteiger partial charge in [-0.25, -0.2) is 9.97 Å². The summed E-state index contributed by atoms with van der Waals surface area (Å²) in [6.45, 7) is 20.7. The molecule has 9 rings (SSSR count). The zero-order valence-corrected chi connectivity index (χ0v) is 39.9. The molecule has 0 bridgehead atoms. The van der Waals surface area contributed by atoms with E-state index < -0.39 is 8.07 Å². The second-order valence-corrected chi connectivity index (χ2v) is 22.8. The number of pyridine rings is 1. The number of fused-ring (bicyclic) bond motifs is 4. The Morgan fingerprint density at radius 1 is 0.705 bits per heavy atom. The number of imidazole rings is 1. The number of para-hydroxylation sites is 1. The number of hydrogen-bond donors (Lipinski definition) is 0. The van der Waals surface area contributed by atoms with Crippen molar-refractivity contribution in [3.8, 4) is 39.5 Å². The molecule has 0 spiro atoms. The molecule has 6 nitrogen and oxygen atoms in total. The number of rotatable bonds is 9. The van der Waals surface area contributed by atoms with Crippen LogP contribution in [0.25, 0.3) is 72.6 Å². The Morgan fingerprint density at radius 3 is 2.08 bits per heavy atom. The van der Waals surface area contributed by atoms with Gasteiger partial charge in [-0.15, -0.1) is 54.1 Å². The molecule has 0 N–H and O–H groups in total. The Kier molecular flexibility index (Phi) is 13.0. The molecule has 9 aromatic rings. The second kappa shape index (κ2) is 18.2. The van der Waals surface area contributed by atoms with Crippen molar-refractivity contribution >= 4 is 46.4 Å². The molecule has 0 amide bonds. The molecule has 5 aromatic carbocycles. The molecule has 1 radical (unpaired) electrons. The first-order valence-electron chi connectivity index (χ1n) is 21.1. The van der Waals surface area contributed by atoms with E-state index in [0.29, 0.717) is 11.6 Å². The van der Waals surface area contributed by atoms with E-state index in [-0.39, 0.29) is 31.9 Å². The van der Waals surface area contributed by atoms with Crippen molar-refractivity contribution in [3.05, 3.63) is 157 Å². The largest absolute Gasteiger partial charge is 0.501 e. The van der Waals surface area contributed by atoms with E-state index in [0.717, 1.165) is 62.2 Å². The first kappa shape index (κ1) is 43.6. The summed E-state index contributed by atoms with van der Waals surface area (Å²) in [4.78, 5) is 18.7. The van der Waals surface area contributed by atoms with Crippen LogP contribution < -0.4 is 5.19 Å². The van der Waals surface area contributed by atoms with E-state index in [4.69, 9.17) is 9.40 Å². The molecule has 311 valence electrons. The van der Waals surface area contributed by atoms with Crippen LogP contribution in [0.15, 0.2) is 132 Å². The van der Waals surface area contributed by atoms with E-state index in [1.165, 1.54) is 33.0 Å². The monoisotopic (exact) mass is 996 g/mol. The molecule has 0 saturated heterocycles. The summed E-state index contributed by atoms with van der Waals surface area (Å²) in [6, 6.07) is 44.5. The van der Waals surface area contributed by atoms with Crippen LogP contribution in [0.3, 0.4) is 0 Å². The van der Waals surface area contributed by atoms with Gasteiger partial charge in [-0.3, -0.25) is 4.98 Å². The Morgan fingerprint density at radius 2 is 1.41 bits per heavy atom. The first-order valence-corrected chi connectivity index (χ1v) is 24.6. The summed E-state index contributed by atoms with van der Waals surface area (Å²) in [5.41, 5.74) is 13.6. The summed E-state index contributed by atoms with van der Waals surface area (Å²) < 4.78 is 8.67. The van der Waals surface area contributed by atoms with Gasteiger partial charge >= 0.3 is 0 Å². The fourth-order valence-corrected chi connectivity index (χ4v) is 9.76. The molecule has 0 unspecified atom stereocenters. The molecule has 0 aliphatic heterocycles. The molecular weight excluding hydrogens is 943 g/mol. The van der Waals surface area contributed by atoms with Crippen molar-refractivity contribution < 1.29 is 24.5 Å². The number of benzene rings is 5. The van der Waals surface area contributed by atoms with Gasteiger partial charge in [0.25, 0.3) is 0 Å². The zero-order chi connectivity index (χ0) is 42.1. The van der Waals surface area contributed by atoms with Gasteiger partial charge in [0.1, 0.15) is 17.4 Å². The molecule has 4 aromatic heterocycles. The summed E-state index contributed by atoms with van der Waals surface area (Å²) in [6.07, 6.45) is 6.65. The van der Waals surface area contributed by atoms with E-state index in [9.17, 15) is 0 Å². The van der Waals surface area contributed by atoms with Gasteiger partial charge in [-0.2, -0.15) is 0 Å².